The van der Waals surface area contributed by atoms with E-state index in [1.165, 1.54) is 11.3 Å². The first-order valence-corrected chi connectivity index (χ1v) is 7.75. The monoisotopic (exact) mass is 313 g/mol. The van der Waals surface area contributed by atoms with Gasteiger partial charge in [-0.05, 0) is 19.8 Å². The Morgan fingerprint density at radius 1 is 1.33 bits per heavy atom. The highest BCUT2D eigenvalue weighted by molar-refractivity contribution is 7.18. The highest BCUT2D eigenvalue weighted by Gasteiger charge is 2.20. The van der Waals surface area contributed by atoms with E-state index in [9.17, 15) is 9.59 Å². The van der Waals surface area contributed by atoms with E-state index >= 15 is 0 Å². The largest absolute Gasteiger partial charge is 0.382 e. The number of amides is 2. The molecule has 0 aliphatic heterocycles. The Morgan fingerprint density at radius 3 is 2.57 bits per heavy atom. The van der Waals surface area contributed by atoms with E-state index in [1.54, 1.807) is 6.92 Å². The number of hydrogen-bond donors (Lipinski definition) is 4. The van der Waals surface area contributed by atoms with Crippen LogP contribution in [0.3, 0.4) is 0 Å². The van der Waals surface area contributed by atoms with Gasteiger partial charge in [-0.15, -0.1) is 0 Å². The fourth-order valence-electron chi connectivity index (χ4n) is 1.52. The Kier molecular flexibility index (Phi) is 6.41. The average molecular weight is 313 g/mol. The summed E-state index contributed by atoms with van der Waals surface area (Å²) in [7, 11) is 0. The number of rotatable bonds is 7. The molecule has 0 aromatic carbocycles. The van der Waals surface area contributed by atoms with Crippen molar-refractivity contribution < 1.29 is 9.59 Å². The number of anilines is 2. The molecule has 0 saturated heterocycles. The summed E-state index contributed by atoms with van der Waals surface area (Å²) in [6.07, 6.45) is 0. The van der Waals surface area contributed by atoms with Crippen molar-refractivity contribution in [3.63, 3.8) is 0 Å². The van der Waals surface area contributed by atoms with Crippen molar-refractivity contribution in [3.05, 3.63) is 4.88 Å². The van der Waals surface area contributed by atoms with Crippen LogP contribution in [-0.2, 0) is 4.79 Å². The second-order valence-corrected chi connectivity index (χ2v) is 6.10. The third-order valence-electron chi connectivity index (χ3n) is 2.61. The van der Waals surface area contributed by atoms with Crippen LogP contribution >= 0.6 is 11.3 Å². The van der Waals surface area contributed by atoms with Gasteiger partial charge in [0, 0.05) is 13.1 Å². The molecule has 1 rings (SSSR count). The van der Waals surface area contributed by atoms with Gasteiger partial charge in [0.15, 0.2) is 5.13 Å². The van der Waals surface area contributed by atoms with Gasteiger partial charge in [0.25, 0.3) is 5.91 Å². The lowest BCUT2D eigenvalue weighted by Gasteiger charge is -2.12. The lowest BCUT2D eigenvalue weighted by molar-refractivity contribution is -0.122. The highest BCUT2D eigenvalue weighted by Crippen LogP contribution is 2.25. The molecule has 1 unspecified atom stereocenters. The first kappa shape index (κ1) is 17.2. The molecule has 1 heterocycles. The lowest BCUT2D eigenvalue weighted by Crippen LogP contribution is -2.44. The molecule has 5 N–H and O–H groups in total. The zero-order valence-corrected chi connectivity index (χ0v) is 13.6. The van der Waals surface area contributed by atoms with Crippen LogP contribution in [0, 0.1) is 5.92 Å². The Labute approximate surface area is 128 Å². The molecular formula is C13H23N5O2S. The zero-order chi connectivity index (χ0) is 16.0. The van der Waals surface area contributed by atoms with Crippen molar-refractivity contribution in [2.75, 3.05) is 24.1 Å². The van der Waals surface area contributed by atoms with Crippen molar-refractivity contribution >= 4 is 34.1 Å². The van der Waals surface area contributed by atoms with Crippen molar-refractivity contribution in [1.29, 1.82) is 0 Å². The van der Waals surface area contributed by atoms with Gasteiger partial charge in [-0.25, -0.2) is 4.98 Å². The lowest BCUT2D eigenvalue weighted by atomic mass is 10.2. The first-order valence-electron chi connectivity index (χ1n) is 6.93. The van der Waals surface area contributed by atoms with E-state index in [0.29, 0.717) is 22.5 Å². The summed E-state index contributed by atoms with van der Waals surface area (Å²) in [5.74, 6) is 0.0189. The molecule has 7 nitrogen and oxygen atoms in total. The minimum Gasteiger partial charge on any atom is -0.382 e. The second kappa shape index (κ2) is 7.82. The average Bonchev–Trinajstić information content (AvgIpc) is 2.78. The quantitative estimate of drug-likeness (QED) is 0.601. The molecular weight excluding hydrogens is 290 g/mol. The predicted octanol–water partition coefficient (Wildman–Crippen LogP) is 1.05. The van der Waals surface area contributed by atoms with Crippen LogP contribution in [0.4, 0.5) is 10.9 Å². The fourth-order valence-corrected chi connectivity index (χ4v) is 2.31. The Hall–Kier alpha value is -1.83. The highest BCUT2D eigenvalue weighted by atomic mass is 32.1. The summed E-state index contributed by atoms with van der Waals surface area (Å²) in [5.41, 5.74) is 5.76. The summed E-state index contributed by atoms with van der Waals surface area (Å²) in [5, 5.41) is 8.99. The maximum Gasteiger partial charge on any atom is 0.265 e. The molecule has 0 bridgehead atoms. The summed E-state index contributed by atoms with van der Waals surface area (Å²) < 4.78 is 0. The van der Waals surface area contributed by atoms with Crippen LogP contribution < -0.4 is 21.7 Å². The van der Waals surface area contributed by atoms with Gasteiger partial charge in [-0.1, -0.05) is 25.2 Å². The number of likely N-dealkylation sites (N-methyl/N-ethyl adjacent to an activating group) is 1. The minimum absolute atomic E-state index is 0.173. The Bertz CT molecular complexity index is 501. The smallest absolute Gasteiger partial charge is 0.265 e. The van der Waals surface area contributed by atoms with E-state index in [0.717, 1.165) is 6.54 Å². The number of nitrogens with one attached hydrogen (secondary N) is 3. The molecule has 1 aromatic heterocycles. The van der Waals surface area contributed by atoms with Crippen molar-refractivity contribution in [1.82, 2.24) is 15.6 Å². The first-order chi connectivity index (χ1) is 9.85. The SMILES string of the molecule is CCNC(=O)C(C)NC(=O)c1sc(NCC(C)C)nc1N. The van der Waals surface area contributed by atoms with E-state index in [-0.39, 0.29) is 17.6 Å². The molecule has 2 amide bonds. The Balaban J connectivity index is 2.67. The van der Waals surface area contributed by atoms with Crippen molar-refractivity contribution in [2.45, 2.75) is 33.7 Å². The van der Waals surface area contributed by atoms with E-state index in [2.05, 4.69) is 34.8 Å². The maximum atomic E-state index is 12.1. The fraction of sp³-hybridized carbons (Fsp3) is 0.615. The van der Waals surface area contributed by atoms with Gasteiger partial charge in [0.1, 0.15) is 16.7 Å². The van der Waals surface area contributed by atoms with E-state index in [1.807, 2.05) is 6.92 Å². The molecule has 0 aliphatic carbocycles. The van der Waals surface area contributed by atoms with Crippen LogP contribution in [0.25, 0.3) is 0 Å². The summed E-state index contributed by atoms with van der Waals surface area (Å²) >= 11 is 1.19. The van der Waals surface area contributed by atoms with Crippen LogP contribution in [0.5, 0.6) is 0 Å². The number of nitrogens with zero attached hydrogens (tertiary/aromatic N) is 1. The number of nitrogen functional groups attached to an aromatic ring is 1. The van der Waals surface area contributed by atoms with E-state index < -0.39 is 6.04 Å². The standard InChI is InChI=1S/C13H23N5O2S/c1-5-15-11(19)8(4)17-12(20)9-10(14)18-13(21-9)16-6-7(2)3/h7-8H,5-6,14H2,1-4H3,(H,15,19)(H,16,18)(H,17,20). The summed E-state index contributed by atoms with van der Waals surface area (Å²) in [6, 6.07) is -0.619. The number of carbonyl (C=O) groups excluding carboxylic acids is 2. The number of thiazole rings is 1. The minimum atomic E-state index is -0.619. The molecule has 1 aromatic rings. The van der Waals surface area contributed by atoms with Gasteiger partial charge in [0.05, 0.1) is 0 Å². The van der Waals surface area contributed by atoms with Gasteiger partial charge in [0.2, 0.25) is 5.91 Å². The van der Waals surface area contributed by atoms with Crippen molar-refractivity contribution in [3.8, 4) is 0 Å². The number of nitrogens with two attached hydrogens (primary N) is 1. The van der Waals surface area contributed by atoms with E-state index in [4.69, 9.17) is 5.73 Å². The van der Waals surface area contributed by atoms with Gasteiger partial charge in [-0.2, -0.15) is 0 Å². The predicted molar refractivity (Wildman–Crippen MR) is 85.5 cm³/mol. The maximum absolute atomic E-state index is 12.1. The van der Waals surface area contributed by atoms with Crippen LogP contribution in [-0.4, -0.2) is 35.9 Å². The molecule has 0 radical (unpaired) electrons. The summed E-state index contributed by atoms with van der Waals surface area (Å²) in [6.45, 7) is 8.86. The van der Waals surface area contributed by atoms with Crippen molar-refractivity contribution in [2.24, 2.45) is 5.92 Å². The van der Waals surface area contributed by atoms with Crippen LogP contribution in [0.2, 0.25) is 0 Å². The molecule has 0 aliphatic rings. The molecule has 118 valence electrons. The van der Waals surface area contributed by atoms with Crippen LogP contribution in [0.1, 0.15) is 37.4 Å². The number of carbonyl (C=O) groups is 2. The normalized spacial score (nSPS) is 12.0. The number of aromatic nitrogens is 1. The number of hydrogen-bond acceptors (Lipinski definition) is 6. The Morgan fingerprint density at radius 2 is 2.00 bits per heavy atom. The third-order valence-corrected chi connectivity index (χ3v) is 3.64. The topological polar surface area (TPSA) is 109 Å². The third kappa shape index (κ3) is 5.22. The molecule has 0 saturated carbocycles. The van der Waals surface area contributed by atoms with Gasteiger partial charge < -0.3 is 21.7 Å². The molecule has 0 fully saturated rings. The molecule has 0 spiro atoms. The molecule has 1 atom stereocenters. The van der Waals surface area contributed by atoms with Gasteiger partial charge in [-0.3, -0.25) is 9.59 Å². The zero-order valence-electron chi connectivity index (χ0n) is 12.8. The molecule has 8 heteroatoms. The second-order valence-electron chi connectivity index (χ2n) is 5.10. The molecule has 21 heavy (non-hydrogen) atoms. The summed E-state index contributed by atoms with van der Waals surface area (Å²) in [4.78, 5) is 28.1. The van der Waals surface area contributed by atoms with Crippen LogP contribution in [0.15, 0.2) is 0 Å². The van der Waals surface area contributed by atoms with Gasteiger partial charge >= 0.3 is 0 Å².